The van der Waals surface area contributed by atoms with Crippen molar-refractivity contribution in [2.24, 2.45) is 27.6 Å². The zero-order chi connectivity index (χ0) is 30.3. The Kier molecular flexibility index (Phi) is 7.35. The first-order valence-electron chi connectivity index (χ1n) is 15.5. The highest BCUT2D eigenvalue weighted by Gasteiger charge is 2.65. The van der Waals surface area contributed by atoms with Gasteiger partial charge in [0.2, 0.25) is 0 Å². The second-order valence-electron chi connectivity index (χ2n) is 15.7. The van der Waals surface area contributed by atoms with E-state index >= 15 is 0 Å². The van der Waals surface area contributed by atoms with Crippen molar-refractivity contribution in [2.75, 3.05) is 0 Å². The number of allylic oxidation sites excluding steroid dienone is 8. The van der Waals surface area contributed by atoms with Gasteiger partial charge in [0.05, 0.1) is 0 Å². The fourth-order valence-corrected chi connectivity index (χ4v) is 9.67. The Balaban J connectivity index is 1.93. The van der Waals surface area contributed by atoms with Gasteiger partial charge in [-0.2, -0.15) is 0 Å². The molecule has 4 rings (SSSR count). The molecule has 1 aromatic rings. The Morgan fingerprint density at radius 2 is 1.60 bits per heavy atom. The fraction of sp³-hybridized carbons (Fsp3) is 0.550. The summed E-state index contributed by atoms with van der Waals surface area (Å²) in [5, 5.41) is 0. The summed E-state index contributed by atoms with van der Waals surface area (Å²) in [6.07, 6.45) is 4.24. The van der Waals surface area contributed by atoms with E-state index in [4.69, 9.17) is 13.2 Å². The molecular weight excluding hydrogens is 480 g/mol. The van der Waals surface area contributed by atoms with E-state index in [1.54, 1.807) is 0 Å². The average molecular weight is 537 g/mol. The molecule has 1 aromatic carbocycles. The molecule has 5 atom stereocenters. The zero-order valence-electron chi connectivity index (χ0n) is 28.0. The van der Waals surface area contributed by atoms with E-state index in [1.807, 2.05) is 0 Å². The van der Waals surface area contributed by atoms with Gasteiger partial charge in [-0.25, -0.2) is 0 Å². The number of aryl methyl sites for hydroxylation is 2. The first-order chi connectivity index (χ1) is 18.2. The van der Waals surface area contributed by atoms with E-state index in [0.29, 0.717) is 11.8 Å². The predicted octanol–water partition coefficient (Wildman–Crippen LogP) is 11.9. The number of benzene rings is 1. The van der Waals surface area contributed by atoms with Gasteiger partial charge in [0.15, 0.2) is 0 Å². The van der Waals surface area contributed by atoms with Crippen molar-refractivity contribution in [3.05, 3.63) is 99.7 Å². The highest BCUT2D eigenvalue weighted by molar-refractivity contribution is 5.88. The monoisotopic (exact) mass is 536 g/mol. The van der Waals surface area contributed by atoms with Crippen LogP contribution in [0.4, 0.5) is 0 Å². The van der Waals surface area contributed by atoms with Gasteiger partial charge in [-0.1, -0.05) is 116 Å². The summed E-state index contributed by atoms with van der Waals surface area (Å²) in [6.45, 7) is 47.2. The lowest BCUT2D eigenvalue weighted by Crippen LogP contribution is -2.58. The van der Waals surface area contributed by atoms with E-state index in [2.05, 4.69) is 108 Å². The Hall–Kier alpha value is -2.34. The van der Waals surface area contributed by atoms with E-state index in [-0.39, 0.29) is 21.7 Å². The topological polar surface area (TPSA) is 0 Å². The van der Waals surface area contributed by atoms with Gasteiger partial charge >= 0.3 is 0 Å². The minimum atomic E-state index is -0.147. The van der Waals surface area contributed by atoms with E-state index in [9.17, 15) is 0 Å². The van der Waals surface area contributed by atoms with Gasteiger partial charge in [0.1, 0.15) is 0 Å². The SMILES string of the molecule is C=C(CCc1ccc(C)c2c1[C@@H](C)[C@@]1(C)C(=C(C)[C@@]3(C)C(=C)C(C(=C)C)=C(C)C[C@@]3(C)[C@@H]1C)C2=C)CC(C)(C)C. The highest BCUT2D eigenvalue weighted by Crippen LogP contribution is 2.74. The van der Waals surface area contributed by atoms with Crippen LogP contribution in [0, 0.1) is 34.5 Å². The lowest BCUT2D eigenvalue weighted by Gasteiger charge is -2.67. The molecule has 0 N–H and O–H groups in total. The maximum Gasteiger partial charge on any atom is 0.0196 e. The number of rotatable bonds is 5. The first kappa shape index (κ1) is 30.6. The average Bonchev–Trinajstić information content (AvgIpc) is 2.82. The van der Waals surface area contributed by atoms with Gasteiger partial charge < -0.3 is 0 Å². The predicted molar refractivity (Wildman–Crippen MR) is 178 cm³/mol. The van der Waals surface area contributed by atoms with Crippen molar-refractivity contribution >= 4 is 5.57 Å². The summed E-state index contributed by atoms with van der Waals surface area (Å²) in [5.74, 6) is 0.825. The molecule has 0 aliphatic heterocycles. The molecule has 0 nitrogen and oxygen atoms in total. The summed E-state index contributed by atoms with van der Waals surface area (Å²) >= 11 is 0. The van der Waals surface area contributed by atoms with Crippen LogP contribution in [0.1, 0.15) is 124 Å². The summed E-state index contributed by atoms with van der Waals surface area (Å²) in [5.41, 5.74) is 16.6. The van der Waals surface area contributed by atoms with Crippen LogP contribution < -0.4 is 0 Å². The molecule has 216 valence electrons. The smallest absolute Gasteiger partial charge is 0.0196 e. The van der Waals surface area contributed by atoms with E-state index in [1.165, 1.54) is 61.3 Å². The standard InChI is InChI=1S/C40H56/c1-23(2)33-26(5)22-38(14)31(10)39(15)28(7)35-32(19-17-24(3)21-37(11,12)13)20-18-25(4)34(35)27(6)36(39)30(9)40(38,16)29(33)8/h18,20,28,31H,1,3,6,8,17,19,21-22H2,2,4-5,7,9-16H3/t28-,31+,38+,39-,40-/m1/s1. The van der Waals surface area contributed by atoms with Crippen LogP contribution in [0.2, 0.25) is 0 Å². The number of hydrogen-bond donors (Lipinski definition) is 0. The summed E-state index contributed by atoms with van der Waals surface area (Å²) in [7, 11) is 0. The molecule has 0 aromatic heterocycles. The maximum atomic E-state index is 4.90. The first-order valence-corrected chi connectivity index (χ1v) is 15.5. The van der Waals surface area contributed by atoms with Crippen molar-refractivity contribution in [3.63, 3.8) is 0 Å². The normalized spacial score (nSPS) is 32.1. The van der Waals surface area contributed by atoms with Crippen LogP contribution in [0.15, 0.2) is 77.5 Å². The molecule has 0 radical (unpaired) electrons. The third kappa shape index (κ3) is 4.06. The molecule has 0 spiro atoms. The van der Waals surface area contributed by atoms with Gasteiger partial charge in [-0.05, 0) is 121 Å². The second-order valence-corrected chi connectivity index (χ2v) is 15.7. The molecule has 0 saturated heterocycles. The minimum absolute atomic E-state index is 0.0192. The highest BCUT2D eigenvalue weighted by atomic mass is 14.7. The molecule has 0 bridgehead atoms. The van der Waals surface area contributed by atoms with Crippen LogP contribution in [-0.2, 0) is 6.42 Å². The third-order valence-corrected chi connectivity index (χ3v) is 12.1. The minimum Gasteiger partial charge on any atom is -0.0998 e. The maximum absolute atomic E-state index is 4.90. The Morgan fingerprint density at radius 1 is 1.00 bits per heavy atom. The number of hydrogen-bond acceptors (Lipinski definition) is 0. The molecule has 0 heterocycles. The van der Waals surface area contributed by atoms with Gasteiger partial charge in [0, 0.05) is 10.8 Å². The summed E-state index contributed by atoms with van der Waals surface area (Å²) < 4.78 is 0. The Bertz CT molecular complexity index is 1390. The molecule has 3 aliphatic carbocycles. The largest absolute Gasteiger partial charge is 0.0998 e. The van der Waals surface area contributed by atoms with Gasteiger partial charge in [-0.3, -0.25) is 0 Å². The van der Waals surface area contributed by atoms with Crippen LogP contribution in [-0.4, -0.2) is 0 Å². The van der Waals surface area contributed by atoms with Crippen LogP contribution >= 0.6 is 0 Å². The van der Waals surface area contributed by atoms with E-state index in [0.717, 1.165) is 31.3 Å². The second kappa shape index (κ2) is 9.61. The molecule has 0 heteroatoms. The van der Waals surface area contributed by atoms with Gasteiger partial charge in [-0.15, -0.1) is 0 Å². The lowest BCUT2D eigenvalue weighted by molar-refractivity contribution is -0.0262. The Morgan fingerprint density at radius 3 is 2.15 bits per heavy atom. The summed E-state index contributed by atoms with van der Waals surface area (Å²) in [6, 6.07) is 4.74. The quantitative estimate of drug-likeness (QED) is 0.328. The Labute approximate surface area is 247 Å². The van der Waals surface area contributed by atoms with Crippen molar-refractivity contribution in [1.29, 1.82) is 0 Å². The molecule has 0 saturated carbocycles. The van der Waals surface area contributed by atoms with Crippen molar-refractivity contribution in [2.45, 2.75) is 115 Å². The van der Waals surface area contributed by atoms with E-state index < -0.39 is 0 Å². The number of fused-ring (bicyclic) bond motifs is 3. The molecule has 3 aliphatic rings. The molecule has 0 fully saturated rings. The summed E-state index contributed by atoms with van der Waals surface area (Å²) in [4.78, 5) is 0. The van der Waals surface area contributed by atoms with Crippen LogP contribution in [0.5, 0.6) is 0 Å². The zero-order valence-corrected chi connectivity index (χ0v) is 28.0. The van der Waals surface area contributed by atoms with Crippen LogP contribution in [0.25, 0.3) is 5.57 Å². The van der Waals surface area contributed by atoms with Crippen molar-refractivity contribution in [1.82, 2.24) is 0 Å². The molecular formula is C40H56. The van der Waals surface area contributed by atoms with Crippen molar-refractivity contribution < 1.29 is 0 Å². The third-order valence-electron chi connectivity index (χ3n) is 12.1. The lowest BCUT2D eigenvalue weighted by atomic mass is 9.36. The molecule has 0 unspecified atom stereocenters. The van der Waals surface area contributed by atoms with Crippen molar-refractivity contribution in [3.8, 4) is 0 Å². The van der Waals surface area contributed by atoms with Crippen LogP contribution in [0.3, 0.4) is 0 Å². The fourth-order valence-electron chi connectivity index (χ4n) is 9.67. The molecule has 40 heavy (non-hydrogen) atoms. The van der Waals surface area contributed by atoms with Gasteiger partial charge in [0.25, 0.3) is 0 Å². The molecule has 0 amide bonds.